The van der Waals surface area contributed by atoms with Crippen molar-refractivity contribution >= 4 is 18.0 Å². The molecule has 2 amide bonds. The van der Waals surface area contributed by atoms with Crippen LogP contribution in [0.1, 0.15) is 43.2 Å². The third kappa shape index (κ3) is 6.32. The van der Waals surface area contributed by atoms with E-state index in [9.17, 15) is 19.5 Å². The van der Waals surface area contributed by atoms with Gasteiger partial charge in [0.05, 0.1) is 0 Å². The molecular formula is C25H30N2O6. The van der Waals surface area contributed by atoms with Crippen molar-refractivity contribution in [2.45, 2.75) is 38.2 Å². The van der Waals surface area contributed by atoms with Crippen molar-refractivity contribution in [2.24, 2.45) is 5.92 Å². The summed E-state index contributed by atoms with van der Waals surface area (Å²) in [6.07, 6.45) is -0.872. The molecule has 0 aromatic heterocycles. The van der Waals surface area contributed by atoms with Crippen molar-refractivity contribution in [1.82, 2.24) is 10.6 Å². The Bertz CT molecular complexity index is 947. The fourth-order valence-corrected chi connectivity index (χ4v) is 4.01. The van der Waals surface area contributed by atoms with Gasteiger partial charge in [0.25, 0.3) is 0 Å². The molecule has 8 heteroatoms. The molecule has 0 saturated carbocycles. The molecule has 4 N–H and O–H groups in total. The molecule has 0 spiro atoms. The first kappa shape index (κ1) is 24.3. The van der Waals surface area contributed by atoms with Crippen LogP contribution >= 0.6 is 0 Å². The molecule has 8 nitrogen and oxygen atoms in total. The molecule has 0 aliphatic heterocycles. The van der Waals surface area contributed by atoms with Crippen LogP contribution in [0.15, 0.2) is 48.5 Å². The zero-order valence-corrected chi connectivity index (χ0v) is 18.6. The summed E-state index contributed by atoms with van der Waals surface area (Å²) in [5, 5.41) is 23.2. The Labute approximate surface area is 193 Å². The molecule has 2 aromatic rings. The number of aliphatic hydroxyl groups excluding tert-OH is 1. The van der Waals surface area contributed by atoms with Gasteiger partial charge in [-0.05, 0) is 35.1 Å². The molecule has 1 aliphatic carbocycles. The summed E-state index contributed by atoms with van der Waals surface area (Å²) in [5.74, 6) is -1.81. The number of nitrogens with one attached hydrogen (secondary N) is 2. The summed E-state index contributed by atoms with van der Waals surface area (Å²) in [5.41, 5.74) is 4.66. The first-order valence-corrected chi connectivity index (χ1v) is 11.2. The van der Waals surface area contributed by atoms with Crippen LogP contribution < -0.4 is 10.6 Å². The van der Waals surface area contributed by atoms with E-state index in [1.165, 1.54) is 11.1 Å². The number of rotatable bonds is 11. The molecule has 2 atom stereocenters. The van der Waals surface area contributed by atoms with Crippen LogP contribution in [0.2, 0.25) is 0 Å². The Morgan fingerprint density at radius 1 is 0.939 bits per heavy atom. The molecule has 0 fully saturated rings. The van der Waals surface area contributed by atoms with Gasteiger partial charge in [0.15, 0.2) is 6.10 Å². The number of aliphatic hydroxyl groups is 1. The number of amides is 2. The number of ether oxygens (including phenoxy) is 1. The van der Waals surface area contributed by atoms with Crippen molar-refractivity contribution < 1.29 is 29.3 Å². The molecule has 0 heterocycles. The van der Waals surface area contributed by atoms with Crippen LogP contribution in [-0.2, 0) is 14.3 Å². The standard InChI is InChI=1S/C25H30N2O6/c1-16(23(29)26-14-12-22(28)24(30)31)7-6-13-27-25(32)33-15-21-19-10-4-2-8-17(19)18-9-3-5-11-20(18)21/h2-5,8-11,16,21-22,28H,6-7,12-15H2,1H3,(H,26,29)(H,27,32)(H,30,31). The van der Waals surface area contributed by atoms with Crippen LogP contribution in [0, 0.1) is 5.92 Å². The van der Waals surface area contributed by atoms with Crippen LogP contribution in [0.3, 0.4) is 0 Å². The highest BCUT2D eigenvalue weighted by Gasteiger charge is 2.29. The van der Waals surface area contributed by atoms with Crippen molar-refractivity contribution in [3.8, 4) is 11.1 Å². The van der Waals surface area contributed by atoms with Crippen molar-refractivity contribution in [1.29, 1.82) is 0 Å². The first-order valence-electron chi connectivity index (χ1n) is 11.2. The number of carboxylic acid groups (broad SMARTS) is 1. The van der Waals surface area contributed by atoms with Gasteiger partial charge in [-0.2, -0.15) is 0 Å². The number of alkyl carbamates (subject to hydrolysis) is 1. The van der Waals surface area contributed by atoms with Crippen molar-refractivity contribution in [3.63, 3.8) is 0 Å². The van der Waals surface area contributed by atoms with E-state index in [2.05, 4.69) is 34.9 Å². The quantitative estimate of drug-likeness (QED) is 0.387. The molecule has 0 radical (unpaired) electrons. The zero-order valence-electron chi connectivity index (χ0n) is 18.6. The second kappa shape index (κ2) is 11.5. The second-order valence-corrected chi connectivity index (χ2v) is 8.23. The molecule has 2 unspecified atom stereocenters. The minimum atomic E-state index is -1.48. The van der Waals surface area contributed by atoms with E-state index >= 15 is 0 Å². The van der Waals surface area contributed by atoms with Gasteiger partial charge < -0.3 is 25.6 Å². The highest BCUT2D eigenvalue weighted by Crippen LogP contribution is 2.44. The predicted molar refractivity (Wildman–Crippen MR) is 123 cm³/mol. The molecule has 3 rings (SSSR count). The van der Waals surface area contributed by atoms with Crippen LogP contribution in [-0.4, -0.2) is 54.0 Å². The van der Waals surface area contributed by atoms with E-state index in [-0.39, 0.29) is 37.3 Å². The summed E-state index contributed by atoms with van der Waals surface area (Å²) < 4.78 is 5.49. The summed E-state index contributed by atoms with van der Waals surface area (Å²) in [4.78, 5) is 34.8. The summed E-state index contributed by atoms with van der Waals surface area (Å²) in [6.45, 7) is 2.48. The van der Waals surface area contributed by atoms with Crippen molar-refractivity contribution in [2.75, 3.05) is 19.7 Å². The van der Waals surface area contributed by atoms with Gasteiger partial charge in [0.2, 0.25) is 5.91 Å². The number of carboxylic acids is 1. The molecule has 0 bridgehead atoms. The Morgan fingerprint density at radius 2 is 1.55 bits per heavy atom. The summed E-state index contributed by atoms with van der Waals surface area (Å²) in [7, 11) is 0. The van der Waals surface area contributed by atoms with E-state index in [4.69, 9.17) is 9.84 Å². The van der Waals surface area contributed by atoms with Gasteiger partial charge in [0, 0.05) is 31.3 Å². The van der Waals surface area contributed by atoms with Gasteiger partial charge in [-0.3, -0.25) is 4.79 Å². The maximum atomic E-state index is 12.2. The normalized spacial score (nSPS) is 14.0. The zero-order chi connectivity index (χ0) is 23.8. The predicted octanol–water partition coefficient (Wildman–Crippen LogP) is 2.89. The smallest absolute Gasteiger partial charge is 0.407 e. The first-order chi connectivity index (χ1) is 15.9. The Kier molecular flexibility index (Phi) is 8.43. The third-order valence-corrected chi connectivity index (χ3v) is 5.88. The van der Waals surface area contributed by atoms with Gasteiger partial charge >= 0.3 is 12.1 Å². The highest BCUT2D eigenvalue weighted by atomic mass is 16.5. The van der Waals surface area contributed by atoms with E-state index in [1.807, 2.05) is 24.3 Å². The van der Waals surface area contributed by atoms with Crippen LogP contribution in [0.4, 0.5) is 4.79 Å². The maximum Gasteiger partial charge on any atom is 0.407 e. The fourth-order valence-electron chi connectivity index (χ4n) is 4.01. The van der Waals surface area contributed by atoms with Crippen LogP contribution in [0.25, 0.3) is 11.1 Å². The molecular weight excluding hydrogens is 424 g/mol. The van der Waals surface area contributed by atoms with Gasteiger partial charge in [-0.1, -0.05) is 55.5 Å². The number of aliphatic carboxylic acids is 1. The number of fused-ring (bicyclic) bond motifs is 3. The molecule has 0 saturated heterocycles. The van der Waals surface area contributed by atoms with E-state index in [1.54, 1.807) is 6.92 Å². The van der Waals surface area contributed by atoms with Crippen molar-refractivity contribution in [3.05, 3.63) is 59.7 Å². The average Bonchev–Trinajstić information content (AvgIpc) is 3.13. The van der Waals surface area contributed by atoms with Gasteiger partial charge in [-0.15, -0.1) is 0 Å². The Balaban J connectivity index is 1.36. The second-order valence-electron chi connectivity index (χ2n) is 8.23. The summed E-state index contributed by atoms with van der Waals surface area (Å²) >= 11 is 0. The number of carbonyl (C=O) groups is 3. The number of hydrogen-bond donors (Lipinski definition) is 4. The number of benzene rings is 2. The lowest BCUT2D eigenvalue weighted by Gasteiger charge is -2.15. The summed E-state index contributed by atoms with van der Waals surface area (Å²) in [6, 6.07) is 16.3. The number of hydrogen-bond acceptors (Lipinski definition) is 5. The van der Waals surface area contributed by atoms with E-state index in [0.717, 1.165) is 11.1 Å². The molecule has 33 heavy (non-hydrogen) atoms. The highest BCUT2D eigenvalue weighted by molar-refractivity contribution is 5.79. The molecule has 176 valence electrons. The minimum Gasteiger partial charge on any atom is -0.479 e. The lowest BCUT2D eigenvalue weighted by atomic mass is 9.98. The lowest BCUT2D eigenvalue weighted by molar-refractivity contribution is -0.147. The largest absolute Gasteiger partial charge is 0.479 e. The SMILES string of the molecule is CC(CCCNC(=O)OCC1c2ccccc2-c2ccccc21)C(=O)NCCC(O)C(=O)O. The van der Waals surface area contributed by atoms with E-state index in [0.29, 0.717) is 19.4 Å². The number of carbonyl (C=O) groups excluding carboxylic acids is 2. The third-order valence-electron chi connectivity index (χ3n) is 5.88. The van der Waals surface area contributed by atoms with E-state index < -0.39 is 18.2 Å². The Hall–Kier alpha value is -3.39. The van der Waals surface area contributed by atoms with Crippen LogP contribution in [0.5, 0.6) is 0 Å². The monoisotopic (exact) mass is 454 g/mol. The fraction of sp³-hybridized carbons (Fsp3) is 0.400. The maximum absolute atomic E-state index is 12.2. The van der Waals surface area contributed by atoms with Gasteiger partial charge in [0.1, 0.15) is 6.61 Å². The molecule has 1 aliphatic rings. The van der Waals surface area contributed by atoms with Gasteiger partial charge in [-0.25, -0.2) is 9.59 Å². The average molecular weight is 455 g/mol. The topological polar surface area (TPSA) is 125 Å². The molecule has 2 aromatic carbocycles. The lowest BCUT2D eigenvalue weighted by Crippen LogP contribution is -2.34. The Morgan fingerprint density at radius 3 is 2.15 bits per heavy atom. The minimum absolute atomic E-state index is 0.00603.